The van der Waals surface area contributed by atoms with Gasteiger partial charge in [-0.2, -0.15) is 0 Å². The Morgan fingerprint density at radius 3 is 3.25 bits per heavy atom. The van der Waals surface area contributed by atoms with Crippen LogP contribution in [0.2, 0.25) is 0 Å². The van der Waals surface area contributed by atoms with E-state index in [2.05, 4.69) is 39.4 Å². The van der Waals surface area contributed by atoms with Crippen LogP contribution in [0.3, 0.4) is 0 Å². The second-order valence-electron chi connectivity index (χ2n) is 4.77. The molecular weight excluding hydrogens is 218 g/mol. The smallest absolute Gasteiger partial charge is 0.193 e. The van der Waals surface area contributed by atoms with Gasteiger partial charge in [0, 0.05) is 24.3 Å². The molecule has 0 spiro atoms. The van der Waals surface area contributed by atoms with E-state index in [0.29, 0.717) is 0 Å². The molecule has 1 aliphatic rings. The summed E-state index contributed by atoms with van der Waals surface area (Å²) in [7, 11) is 0. The van der Waals surface area contributed by atoms with Crippen molar-refractivity contribution in [3.63, 3.8) is 0 Å². The second kappa shape index (κ2) is 4.18. The minimum absolute atomic E-state index is 0.823. The first-order valence-corrected chi connectivity index (χ1v) is 6.82. The fraction of sp³-hybridized carbons (Fsp3) is 0.583. The molecule has 1 unspecified atom stereocenters. The average Bonchev–Trinajstić information content (AvgIpc) is 2.91. The van der Waals surface area contributed by atoms with Crippen molar-refractivity contribution in [2.75, 3.05) is 6.54 Å². The van der Waals surface area contributed by atoms with Gasteiger partial charge in [-0.15, -0.1) is 11.3 Å². The summed E-state index contributed by atoms with van der Waals surface area (Å²) >= 11 is 1.69. The van der Waals surface area contributed by atoms with E-state index in [0.717, 1.165) is 35.6 Å². The van der Waals surface area contributed by atoms with Crippen molar-refractivity contribution in [2.45, 2.75) is 26.3 Å². The van der Waals surface area contributed by atoms with E-state index < -0.39 is 0 Å². The highest BCUT2D eigenvalue weighted by atomic mass is 32.1. The third-order valence-corrected chi connectivity index (χ3v) is 4.11. The Kier molecular flexibility index (Phi) is 2.69. The third kappa shape index (κ3) is 2.13. The highest BCUT2D eigenvalue weighted by molar-refractivity contribution is 7.15. The van der Waals surface area contributed by atoms with Crippen LogP contribution in [0.25, 0.3) is 4.96 Å². The van der Waals surface area contributed by atoms with E-state index >= 15 is 0 Å². The molecule has 1 atom stereocenters. The molecule has 2 aromatic heterocycles. The number of hydrogen-bond donors (Lipinski definition) is 1. The Hall–Kier alpha value is -0.870. The summed E-state index contributed by atoms with van der Waals surface area (Å²) < 4.78 is 2.09. The van der Waals surface area contributed by atoms with Crippen molar-refractivity contribution >= 4 is 16.3 Å². The molecule has 1 aliphatic carbocycles. The topological polar surface area (TPSA) is 29.3 Å². The van der Waals surface area contributed by atoms with E-state index in [4.69, 9.17) is 0 Å². The molecule has 0 radical (unpaired) electrons. The third-order valence-electron chi connectivity index (χ3n) is 3.34. The number of hydrogen-bond acceptors (Lipinski definition) is 3. The molecule has 1 fully saturated rings. The zero-order valence-electron chi connectivity index (χ0n) is 9.52. The SMILES string of the molecule is CC(CNCc1cn2ccsc2n1)C1CC1. The number of imidazole rings is 1. The van der Waals surface area contributed by atoms with Gasteiger partial charge in [-0.25, -0.2) is 4.98 Å². The number of nitrogens with zero attached hydrogens (tertiary/aromatic N) is 2. The molecule has 0 saturated heterocycles. The Bertz CT molecular complexity index is 441. The quantitative estimate of drug-likeness (QED) is 0.863. The summed E-state index contributed by atoms with van der Waals surface area (Å²) in [5, 5.41) is 5.57. The molecule has 0 aromatic carbocycles. The van der Waals surface area contributed by atoms with Crippen molar-refractivity contribution in [3.8, 4) is 0 Å². The van der Waals surface area contributed by atoms with Crippen LogP contribution in [0, 0.1) is 11.8 Å². The van der Waals surface area contributed by atoms with Crippen molar-refractivity contribution in [1.82, 2.24) is 14.7 Å². The zero-order valence-corrected chi connectivity index (χ0v) is 10.3. The van der Waals surface area contributed by atoms with Gasteiger partial charge < -0.3 is 5.32 Å². The van der Waals surface area contributed by atoms with Crippen LogP contribution in [-0.2, 0) is 6.54 Å². The lowest BCUT2D eigenvalue weighted by molar-refractivity contribution is 0.460. The van der Waals surface area contributed by atoms with Gasteiger partial charge in [-0.3, -0.25) is 4.40 Å². The van der Waals surface area contributed by atoms with Gasteiger partial charge in [0.25, 0.3) is 0 Å². The molecule has 0 bridgehead atoms. The molecule has 1 saturated carbocycles. The summed E-state index contributed by atoms with van der Waals surface area (Å²) in [4.78, 5) is 5.64. The number of nitrogens with one attached hydrogen (secondary N) is 1. The lowest BCUT2D eigenvalue weighted by atomic mass is 10.1. The predicted molar refractivity (Wildman–Crippen MR) is 66.7 cm³/mol. The highest BCUT2D eigenvalue weighted by Gasteiger charge is 2.27. The Balaban J connectivity index is 1.52. The van der Waals surface area contributed by atoms with Crippen LogP contribution < -0.4 is 5.32 Å². The van der Waals surface area contributed by atoms with Gasteiger partial charge >= 0.3 is 0 Å². The van der Waals surface area contributed by atoms with Crippen LogP contribution in [-0.4, -0.2) is 15.9 Å². The summed E-state index contributed by atoms with van der Waals surface area (Å²) in [5.41, 5.74) is 1.15. The van der Waals surface area contributed by atoms with Crippen molar-refractivity contribution in [1.29, 1.82) is 0 Å². The zero-order chi connectivity index (χ0) is 11.0. The maximum atomic E-state index is 4.55. The Morgan fingerprint density at radius 1 is 1.62 bits per heavy atom. The molecule has 2 aromatic rings. The maximum absolute atomic E-state index is 4.55. The van der Waals surface area contributed by atoms with Crippen LogP contribution in [0.1, 0.15) is 25.5 Å². The van der Waals surface area contributed by atoms with Crippen LogP contribution in [0.5, 0.6) is 0 Å². The largest absolute Gasteiger partial charge is 0.311 e. The molecule has 3 nitrogen and oxygen atoms in total. The molecule has 3 rings (SSSR count). The van der Waals surface area contributed by atoms with Crippen molar-refractivity contribution in [3.05, 3.63) is 23.5 Å². The van der Waals surface area contributed by atoms with Crippen LogP contribution in [0.4, 0.5) is 0 Å². The lowest BCUT2D eigenvalue weighted by Crippen LogP contribution is -2.21. The molecule has 4 heteroatoms. The summed E-state index contributed by atoms with van der Waals surface area (Å²) in [5.74, 6) is 1.81. The van der Waals surface area contributed by atoms with Gasteiger partial charge in [0.05, 0.1) is 5.69 Å². The monoisotopic (exact) mass is 235 g/mol. The summed E-state index contributed by atoms with van der Waals surface area (Å²) in [6.45, 7) is 4.36. The first kappa shape index (κ1) is 10.3. The molecule has 2 heterocycles. The van der Waals surface area contributed by atoms with E-state index in [-0.39, 0.29) is 0 Å². The molecule has 1 N–H and O–H groups in total. The number of thiazole rings is 1. The second-order valence-corrected chi connectivity index (χ2v) is 5.64. The standard InChI is InChI=1S/C12H17N3S/c1-9(10-2-3-10)6-13-7-11-8-15-4-5-16-12(15)14-11/h4-5,8-10,13H,2-3,6-7H2,1H3. The fourth-order valence-electron chi connectivity index (χ4n) is 2.12. The van der Waals surface area contributed by atoms with E-state index in [9.17, 15) is 0 Å². The van der Waals surface area contributed by atoms with Gasteiger partial charge in [0.15, 0.2) is 4.96 Å². The Labute approximate surface area is 99.5 Å². The lowest BCUT2D eigenvalue weighted by Gasteiger charge is -2.09. The first-order chi connectivity index (χ1) is 7.83. The van der Waals surface area contributed by atoms with Gasteiger partial charge in [-0.1, -0.05) is 6.92 Å². The number of aromatic nitrogens is 2. The normalized spacial score (nSPS) is 18.1. The van der Waals surface area contributed by atoms with Gasteiger partial charge in [0.1, 0.15) is 0 Å². The Morgan fingerprint density at radius 2 is 2.50 bits per heavy atom. The minimum Gasteiger partial charge on any atom is -0.311 e. The molecule has 0 amide bonds. The van der Waals surface area contributed by atoms with Crippen molar-refractivity contribution in [2.24, 2.45) is 11.8 Å². The molecule has 0 aliphatic heterocycles. The highest BCUT2D eigenvalue weighted by Crippen LogP contribution is 2.36. The first-order valence-electron chi connectivity index (χ1n) is 5.95. The number of rotatable bonds is 5. The van der Waals surface area contributed by atoms with E-state index in [1.807, 2.05) is 0 Å². The molecule has 86 valence electrons. The predicted octanol–water partition coefficient (Wildman–Crippen LogP) is 2.53. The van der Waals surface area contributed by atoms with Gasteiger partial charge in [0.2, 0.25) is 0 Å². The van der Waals surface area contributed by atoms with Crippen LogP contribution in [0.15, 0.2) is 17.8 Å². The fourth-order valence-corrected chi connectivity index (χ4v) is 2.84. The summed E-state index contributed by atoms with van der Waals surface area (Å²) in [6, 6.07) is 0. The summed E-state index contributed by atoms with van der Waals surface area (Å²) in [6.07, 6.45) is 7.04. The van der Waals surface area contributed by atoms with E-state index in [1.165, 1.54) is 12.8 Å². The van der Waals surface area contributed by atoms with Crippen LogP contribution >= 0.6 is 11.3 Å². The van der Waals surface area contributed by atoms with E-state index in [1.54, 1.807) is 11.3 Å². The number of fused-ring (bicyclic) bond motifs is 1. The molecular formula is C12H17N3S. The average molecular weight is 235 g/mol. The van der Waals surface area contributed by atoms with Crippen molar-refractivity contribution < 1.29 is 0 Å². The minimum atomic E-state index is 0.823. The maximum Gasteiger partial charge on any atom is 0.193 e. The molecule has 16 heavy (non-hydrogen) atoms. The van der Waals surface area contributed by atoms with Gasteiger partial charge in [-0.05, 0) is 31.2 Å².